The SMILES string of the molecule is Cc1nc2c(o1)c1cn[nH]c(=O)c1n2C. The molecule has 0 bridgehead atoms. The molecule has 1 N–H and O–H groups in total. The Morgan fingerprint density at radius 1 is 1.53 bits per heavy atom. The molecule has 3 rings (SSSR count). The fourth-order valence-electron chi connectivity index (χ4n) is 1.82. The van der Waals surface area contributed by atoms with Gasteiger partial charge < -0.3 is 8.98 Å². The second kappa shape index (κ2) is 2.47. The van der Waals surface area contributed by atoms with E-state index in [-0.39, 0.29) is 5.56 Å². The minimum atomic E-state index is -0.235. The van der Waals surface area contributed by atoms with Crippen molar-refractivity contribution in [3.8, 4) is 0 Å². The number of aromatic amines is 1. The molecule has 0 saturated heterocycles. The van der Waals surface area contributed by atoms with Gasteiger partial charge in [0.1, 0.15) is 5.52 Å². The second-order valence-corrected chi connectivity index (χ2v) is 3.41. The van der Waals surface area contributed by atoms with Crippen molar-refractivity contribution in [3.05, 3.63) is 22.4 Å². The quantitative estimate of drug-likeness (QED) is 0.585. The average molecular weight is 204 g/mol. The van der Waals surface area contributed by atoms with Crippen molar-refractivity contribution in [1.82, 2.24) is 19.7 Å². The molecule has 3 aromatic rings. The van der Waals surface area contributed by atoms with Gasteiger partial charge in [-0.1, -0.05) is 0 Å². The molecule has 0 saturated carbocycles. The Balaban J connectivity index is 2.71. The third-order valence-corrected chi connectivity index (χ3v) is 2.44. The molecule has 3 aromatic heterocycles. The standard InChI is InChI=1S/C9H8N4O2/c1-4-11-8-7(15-4)5-3-10-12-9(14)6(5)13(8)2/h3H,1-2H3,(H,12,14). The molecule has 0 amide bonds. The first-order valence-electron chi connectivity index (χ1n) is 4.47. The molecule has 0 unspecified atom stereocenters. The molecule has 76 valence electrons. The second-order valence-electron chi connectivity index (χ2n) is 3.41. The summed E-state index contributed by atoms with van der Waals surface area (Å²) < 4.78 is 7.14. The Labute approximate surface area is 83.5 Å². The van der Waals surface area contributed by atoms with Gasteiger partial charge in [0.15, 0.2) is 17.1 Å². The molecule has 6 nitrogen and oxygen atoms in total. The third kappa shape index (κ3) is 0.903. The molecule has 0 atom stereocenters. The summed E-state index contributed by atoms with van der Waals surface area (Å²) >= 11 is 0. The minimum Gasteiger partial charge on any atom is -0.439 e. The van der Waals surface area contributed by atoms with Crippen molar-refractivity contribution in [1.29, 1.82) is 0 Å². The van der Waals surface area contributed by atoms with E-state index in [9.17, 15) is 4.79 Å². The number of hydrogen-bond donors (Lipinski definition) is 1. The zero-order valence-corrected chi connectivity index (χ0v) is 8.24. The van der Waals surface area contributed by atoms with Gasteiger partial charge >= 0.3 is 0 Å². The van der Waals surface area contributed by atoms with Crippen LogP contribution in [-0.4, -0.2) is 19.7 Å². The molecule has 0 radical (unpaired) electrons. The van der Waals surface area contributed by atoms with Gasteiger partial charge in [-0.25, -0.2) is 5.10 Å². The molecule has 15 heavy (non-hydrogen) atoms. The number of hydrogen-bond acceptors (Lipinski definition) is 4. The number of oxazole rings is 1. The van der Waals surface area contributed by atoms with Gasteiger partial charge in [-0.15, -0.1) is 0 Å². The number of aryl methyl sites for hydroxylation is 2. The van der Waals surface area contributed by atoms with Crippen molar-refractivity contribution < 1.29 is 4.42 Å². The zero-order valence-electron chi connectivity index (χ0n) is 8.24. The van der Waals surface area contributed by atoms with Crippen LogP contribution in [-0.2, 0) is 7.05 Å². The highest BCUT2D eigenvalue weighted by atomic mass is 16.3. The summed E-state index contributed by atoms with van der Waals surface area (Å²) in [5, 5.41) is 6.82. The highest BCUT2D eigenvalue weighted by Crippen LogP contribution is 2.25. The summed E-state index contributed by atoms with van der Waals surface area (Å²) in [6.07, 6.45) is 1.57. The smallest absolute Gasteiger partial charge is 0.288 e. The van der Waals surface area contributed by atoms with Crippen LogP contribution in [0, 0.1) is 6.92 Å². The maximum atomic E-state index is 11.5. The molecule has 0 aliphatic carbocycles. The van der Waals surface area contributed by atoms with Crippen molar-refractivity contribution in [2.24, 2.45) is 7.05 Å². The summed E-state index contributed by atoms with van der Waals surface area (Å²) in [5.74, 6) is 0.581. The van der Waals surface area contributed by atoms with Crippen molar-refractivity contribution in [2.45, 2.75) is 6.92 Å². The summed E-state index contributed by atoms with van der Waals surface area (Å²) in [5.41, 5.74) is 1.58. The molecule has 0 aliphatic rings. The van der Waals surface area contributed by atoms with E-state index in [4.69, 9.17) is 4.42 Å². The van der Waals surface area contributed by atoms with Crippen LogP contribution >= 0.6 is 0 Å². The van der Waals surface area contributed by atoms with Crippen molar-refractivity contribution >= 4 is 22.1 Å². The molecular formula is C9H8N4O2. The number of H-pyrrole nitrogens is 1. The van der Waals surface area contributed by atoms with Crippen LogP contribution in [0.5, 0.6) is 0 Å². The van der Waals surface area contributed by atoms with E-state index < -0.39 is 0 Å². The Morgan fingerprint density at radius 2 is 2.33 bits per heavy atom. The van der Waals surface area contributed by atoms with Gasteiger partial charge in [-0.3, -0.25) is 4.79 Å². The first-order valence-corrected chi connectivity index (χ1v) is 4.47. The maximum Gasteiger partial charge on any atom is 0.288 e. The summed E-state index contributed by atoms with van der Waals surface area (Å²) in [4.78, 5) is 15.8. The number of aromatic nitrogens is 4. The normalized spacial score (nSPS) is 11.6. The van der Waals surface area contributed by atoms with E-state index in [0.29, 0.717) is 28.0 Å². The van der Waals surface area contributed by atoms with Crippen LogP contribution in [0.25, 0.3) is 22.1 Å². The molecule has 0 fully saturated rings. The Morgan fingerprint density at radius 3 is 3.13 bits per heavy atom. The Bertz CT molecular complexity index is 719. The van der Waals surface area contributed by atoms with Gasteiger partial charge in [-0.05, 0) is 0 Å². The first-order chi connectivity index (χ1) is 7.18. The van der Waals surface area contributed by atoms with Crippen LogP contribution in [0.2, 0.25) is 0 Å². The number of rotatable bonds is 0. The van der Waals surface area contributed by atoms with Gasteiger partial charge in [0.25, 0.3) is 5.56 Å². The highest BCUT2D eigenvalue weighted by molar-refractivity contribution is 6.02. The minimum absolute atomic E-state index is 0.235. The van der Waals surface area contributed by atoms with E-state index >= 15 is 0 Å². The highest BCUT2D eigenvalue weighted by Gasteiger charge is 2.16. The lowest BCUT2D eigenvalue weighted by Crippen LogP contribution is -2.10. The van der Waals surface area contributed by atoms with E-state index in [1.807, 2.05) is 0 Å². The van der Waals surface area contributed by atoms with Crippen LogP contribution in [0.1, 0.15) is 5.89 Å². The van der Waals surface area contributed by atoms with E-state index in [1.165, 1.54) is 0 Å². The van der Waals surface area contributed by atoms with Crippen LogP contribution in [0.3, 0.4) is 0 Å². The van der Waals surface area contributed by atoms with Crippen LogP contribution in [0.15, 0.2) is 15.4 Å². The molecule has 0 spiro atoms. The van der Waals surface area contributed by atoms with Crippen molar-refractivity contribution in [3.63, 3.8) is 0 Å². The monoisotopic (exact) mass is 204 g/mol. The van der Waals surface area contributed by atoms with Gasteiger partial charge in [-0.2, -0.15) is 10.1 Å². The Hall–Kier alpha value is -2.11. The average Bonchev–Trinajstić information content (AvgIpc) is 2.68. The zero-order chi connectivity index (χ0) is 10.6. The fourth-order valence-corrected chi connectivity index (χ4v) is 1.82. The van der Waals surface area contributed by atoms with Crippen LogP contribution in [0.4, 0.5) is 0 Å². The topological polar surface area (TPSA) is 76.7 Å². The predicted octanol–water partition coefficient (Wildman–Crippen LogP) is 0.711. The van der Waals surface area contributed by atoms with Gasteiger partial charge in [0, 0.05) is 14.0 Å². The lowest BCUT2D eigenvalue weighted by Gasteiger charge is -1.92. The summed E-state index contributed by atoms with van der Waals surface area (Å²) in [6, 6.07) is 0. The van der Waals surface area contributed by atoms with E-state index in [0.717, 1.165) is 0 Å². The number of nitrogens with zero attached hydrogens (tertiary/aromatic N) is 3. The largest absolute Gasteiger partial charge is 0.439 e. The van der Waals surface area contributed by atoms with E-state index in [1.54, 1.807) is 24.7 Å². The molecule has 6 heteroatoms. The van der Waals surface area contributed by atoms with Crippen LogP contribution < -0.4 is 5.56 Å². The first kappa shape index (κ1) is 8.22. The van der Waals surface area contributed by atoms with Crippen molar-refractivity contribution in [2.75, 3.05) is 0 Å². The Kier molecular flexibility index (Phi) is 1.35. The van der Waals surface area contributed by atoms with E-state index in [2.05, 4.69) is 15.2 Å². The van der Waals surface area contributed by atoms with Gasteiger partial charge in [0.2, 0.25) is 0 Å². The number of fused-ring (bicyclic) bond motifs is 3. The number of nitrogens with one attached hydrogen (secondary N) is 1. The predicted molar refractivity (Wildman–Crippen MR) is 53.6 cm³/mol. The fraction of sp³-hybridized carbons (Fsp3) is 0.222. The summed E-state index contributed by atoms with van der Waals surface area (Å²) in [6.45, 7) is 1.77. The summed E-state index contributed by atoms with van der Waals surface area (Å²) in [7, 11) is 1.78. The van der Waals surface area contributed by atoms with Gasteiger partial charge in [0.05, 0.1) is 11.6 Å². The maximum absolute atomic E-state index is 11.5. The third-order valence-electron chi connectivity index (χ3n) is 2.44. The lowest BCUT2D eigenvalue weighted by molar-refractivity contribution is 0.563. The molecule has 3 heterocycles. The molecular weight excluding hydrogens is 196 g/mol. The molecule has 0 aliphatic heterocycles. The molecule has 0 aromatic carbocycles. The lowest BCUT2D eigenvalue weighted by atomic mass is 10.3.